The maximum absolute atomic E-state index is 5.60. The van der Waals surface area contributed by atoms with Gasteiger partial charge in [-0.3, -0.25) is 4.90 Å². The zero-order chi connectivity index (χ0) is 12.8. The molecule has 0 radical (unpaired) electrons. The van der Waals surface area contributed by atoms with Crippen LogP contribution < -0.4 is 5.73 Å². The molecule has 1 fully saturated rings. The Morgan fingerprint density at radius 3 is 2.50 bits per heavy atom. The summed E-state index contributed by atoms with van der Waals surface area (Å²) < 4.78 is 5.36. The van der Waals surface area contributed by atoms with E-state index in [9.17, 15) is 0 Å². The fourth-order valence-electron chi connectivity index (χ4n) is 2.39. The molecule has 1 aromatic carbocycles. The lowest BCUT2D eigenvalue weighted by atomic mass is 9.97. The Hall–Kier alpha value is -0.900. The van der Waals surface area contributed by atoms with Crippen molar-refractivity contribution in [1.82, 2.24) is 4.90 Å². The molecule has 100 valence electrons. The highest BCUT2D eigenvalue weighted by atomic mass is 16.5. The Bertz CT molecular complexity index is 344. The molecule has 1 aliphatic rings. The SMILES string of the molecule is CC(CCN)c1ccc(CN2CCOCC2)cc1. The summed E-state index contributed by atoms with van der Waals surface area (Å²) in [5.74, 6) is 0.562. The first-order valence-corrected chi connectivity index (χ1v) is 6.88. The predicted molar refractivity (Wildman–Crippen MR) is 74.6 cm³/mol. The lowest BCUT2D eigenvalue weighted by molar-refractivity contribution is 0.0342. The molecule has 0 aliphatic carbocycles. The maximum atomic E-state index is 5.60. The molecule has 18 heavy (non-hydrogen) atoms. The number of benzene rings is 1. The molecule has 3 nitrogen and oxygen atoms in total. The van der Waals surface area contributed by atoms with E-state index in [1.54, 1.807) is 0 Å². The second-order valence-electron chi connectivity index (χ2n) is 5.11. The lowest BCUT2D eigenvalue weighted by Crippen LogP contribution is -2.35. The number of hydrogen-bond donors (Lipinski definition) is 1. The third-order valence-electron chi connectivity index (χ3n) is 3.66. The van der Waals surface area contributed by atoms with Gasteiger partial charge in [0.25, 0.3) is 0 Å². The van der Waals surface area contributed by atoms with Crippen molar-refractivity contribution in [2.75, 3.05) is 32.8 Å². The Morgan fingerprint density at radius 1 is 1.22 bits per heavy atom. The van der Waals surface area contributed by atoms with Gasteiger partial charge in [-0.15, -0.1) is 0 Å². The van der Waals surface area contributed by atoms with Crippen LogP contribution in [0.5, 0.6) is 0 Å². The number of hydrogen-bond acceptors (Lipinski definition) is 3. The quantitative estimate of drug-likeness (QED) is 0.866. The molecule has 0 aromatic heterocycles. The van der Waals surface area contributed by atoms with Gasteiger partial charge in [0.15, 0.2) is 0 Å². The van der Waals surface area contributed by atoms with Crippen LogP contribution in [0.4, 0.5) is 0 Å². The van der Waals surface area contributed by atoms with Crippen LogP contribution in [0.2, 0.25) is 0 Å². The van der Waals surface area contributed by atoms with Crippen molar-refractivity contribution >= 4 is 0 Å². The van der Waals surface area contributed by atoms with Gasteiger partial charge in [0, 0.05) is 19.6 Å². The topological polar surface area (TPSA) is 38.5 Å². The molecule has 0 bridgehead atoms. The van der Waals surface area contributed by atoms with Crippen molar-refractivity contribution in [2.45, 2.75) is 25.8 Å². The smallest absolute Gasteiger partial charge is 0.0594 e. The monoisotopic (exact) mass is 248 g/mol. The van der Waals surface area contributed by atoms with Crippen molar-refractivity contribution < 1.29 is 4.74 Å². The zero-order valence-electron chi connectivity index (χ0n) is 11.3. The van der Waals surface area contributed by atoms with Crippen molar-refractivity contribution in [1.29, 1.82) is 0 Å². The first-order valence-electron chi connectivity index (χ1n) is 6.88. The van der Waals surface area contributed by atoms with Crippen LogP contribution >= 0.6 is 0 Å². The summed E-state index contributed by atoms with van der Waals surface area (Å²) in [4.78, 5) is 2.45. The van der Waals surface area contributed by atoms with E-state index in [0.29, 0.717) is 5.92 Å². The van der Waals surface area contributed by atoms with Crippen LogP contribution in [0, 0.1) is 0 Å². The van der Waals surface area contributed by atoms with E-state index in [-0.39, 0.29) is 0 Å². The number of ether oxygens (including phenoxy) is 1. The molecular formula is C15H24N2O. The van der Waals surface area contributed by atoms with Gasteiger partial charge in [-0.05, 0) is 30.0 Å². The van der Waals surface area contributed by atoms with E-state index in [2.05, 4.69) is 36.1 Å². The van der Waals surface area contributed by atoms with Crippen LogP contribution in [0.1, 0.15) is 30.4 Å². The maximum Gasteiger partial charge on any atom is 0.0594 e. The second-order valence-corrected chi connectivity index (χ2v) is 5.11. The first-order chi connectivity index (χ1) is 8.79. The Labute approximate surface area is 110 Å². The molecular weight excluding hydrogens is 224 g/mol. The third-order valence-corrected chi connectivity index (χ3v) is 3.66. The van der Waals surface area contributed by atoms with Gasteiger partial charge >= 0.3 is 0 Å². The first kappa shape index (κ1) is 13.5. The van der Waals surface area contributed by atoms with Crippen molar-refractivity contribution in [3.8, 4) is 0 Å². The highest BCUT2D eigenvalue weighted by molar-refractivity contribution is 5.25. The molecule has 1 heterocycles. The molecule has 1 saturated heterocycles. The van der Waals surface area contributed by atoms with Crippen LogP contribution in [0.3, 0.4) is 0 Å². The number of morpholine rings is 1. The average molecular weight is 248 g/mol. The average Bonchev–Trinajstić information content (AvgIpc) is 2.41. The minimum absolute atomic E-state index is 0.562. The standard InChI is InChI=1S/C15H24N2O/c1-13(6-7-16)15-4-2-14(3-5-15)12-17-8-10-18-11-9-17/h2-5,13H,6-12,16H2,1H3. The highest BCUT2D eigenvalue weighted by Gasteiger charge is 2.11. The highest BCUT2D eigenvalue weighted by Crippen LogP contribution is 2.19. The molecule has 1 aromatic rings. The summed E-state index contributed by atoms with van der Waals surface area (Å²) in [5.41, 5.74) is 8.39. The molecule has 1 atom stereocenters. The number of nitrogens with zero attached hydrogens (tertiary/aromatic N) is 1. The molecule has 3 heteroatoms. The van der Waals surface area contributed by atoms with Crippen LogP contribution in [0.25, 0.3) is 0 Å². The number of rotatable bonds is 5. The third kappa shape index (κ3) is 3.80. The second kappa shape index (κ2) is 6.88. The van der Waals surface area contributed by atoms with E-state index >= 15 is 0 Å². The molecule has 1 aliphatic heterocycles. The van der Waals surface area contributed by atoms with Gasteiger partial charge in [0.1, 0.15) is 0 Å². The van der Waals surface area contributed by atoms with E-state index in [1.807, 2.05) is 0 Å². The van der Waals surface area contributed by atoms with Gasteiger partial charge in [0.05, 0.1) is 13.2 Å². The van der Waals surface area contributed by atoms with Crippen LogP contribution in [-0.4, -0.2) is 37.7 Å². The van der Waals surface area contributed by atoms with E-state index < -0.39 is 0 Å². The predicted octanol–water partition coefficient (Wildman–Crippen LogP) is 1.97. The van der Waals surface area contributed by atoms with Crippen molar-refractivity contribution in [3.63, 3.8) is 0 Å². The normalized spacial score (nSPS) is 18.8. The number of nitrogens with two attached hydrogens (primary N) is 1. The molecule has 2 rings (SSSR count). The Kier molecular flexibility index (Phi) is 5.17. The molecule has 1 unspecified atom stereocenters. The largest absolute Gasteiger partial charge is 0.379 e. The van der Waals surface area contributed by atoms with E-state index in [1.165, 1.54) is 11.1 Å². The van der Waals surface area contributed by atoms with E-state index in [0.717, 1.165) is 45.8 Å². The molecule has 0 amide bonds. The zero-order valence-corrected chi connectivity index (χ0v) is 11.3. The summed E-state index contributed by atoms with van der Waals surface area (Å²) in [7, 11) is 0. The van der Waals surface area contributed by atoms with Gasteiger partial charge in [0.2, 0.25) is 0 Å². The van der Waals surface area contributed by atoms with Gasteiger partial charge < -0.3 is 10.5 Å². The lowest BCUT2D eigenvalue weighted by Gasteiger charge is -2.26. The minimum Gasteiger partial charge on any atom is -0.379 e. The summed E-state index contributed by atoms with van der Waals surface area (Å²) in [6, 6.07) is 8.99. The van der Waals surface area contributed by atoms with Gasteiger partial charge in [-0.2, -0.15) is 0 Å². The Balaban J connectivity index is 1.90. The minimum atomic E-state index is 0.562. The van der Waals surface area contributed by atoms with E-state index in [4.69, 9.17) is 10.5 Å². The molecule has 2 N–H and O–H groups in total. The fourth-order valence-corrected chi connectivity index (χ4v) is 2.39. The van der Waals surface area contributed by atoms with Gasteiger partial charge in [-0.1, -0.05) is 31.2 Å². The van der Waals surface area contributed by atoms with Crippen LogP contribution in [-0.2, 0) is 11.3 Å². The van der Waals surface area contributed by atoms with Gasteiger partial charge in [-0.25, -0.2) is 0 Å². The summed E-state index contributed by atoms with van der Waals surface area (Å²) in [6.07, 6.45) is 1.06. The van der Waals surface area contributed by atoms with Crippen molar-refractivity contribution in [3.05, 3.63) is 35.4 Å². The summed E-state index contributed by atoms with van der Waals surface area (Å²) in [6.45, 7) is 7.86. The Morgan fingerprint density at radius 2 is 1.89 bits per heavy atom. The molecule has 0 saturated carbocycles. The molecule has 0 spiro atoms. The summed E-state index contributed by atoms with van der Waals surface area (Å²) >= 11 is 0. The van der Waals surface area contributed by atoms with Crippen molar-refractivity contribution in [2.24, 2.45) is 5.73 Å². The van der Waals surface area contributed by atoms with Crippen LogP contribution in [0.15, 0.2) is 24.3 Å². The fraction of sp³-hybridized carbons (Fsp3) is 0.600. The summed E-state index contributed by atoms with van der Waals surface area (Å²) in [5, 5.41) is 0.